The number of anilines is 2. The summed E-state index contributed by atoms with van der Waals surface area (Å²) in [6, 6.07) is 0.115. The summed E-state index contributed by atoms with van der Waals surface area (Å²) in [7, 11) is 0. The first-order valence-electron chi connectivity index (χ1n) is 8.39. The van der Waals surface area contributed by atoms with Crippen molar-refractivity contribution in [1.82, 2.24) is 4.37 Å². The number of nitrogens with one attached hydrogen (secondary N) is 1. The van der Waals surface area contributed by atoms with Crippen molar-refractivity contribution in [3.63, 3.8) is 0 Å². The molecule has 2 heterocycles. The fraction of sp³-hybridized carbons (Fsp3) is 0.375. The van der Waals surface area contributed by atoms with E-state index in [1.807, 2.05) is 5.32 Å². The summed E-state index contributed by atoms with van der Waals surface area (Å²) >= 11 is -0.587. The Labute approximate surface area is 188 Å². The molecule has 0 fully saturated rings. The molecule has 1 aromatic carbocycles. The van der Waals surface area contributed by atoms with Gasteiger partial charge in [0.1, 0.15) is 10.0 Å². The minimum Gasteiger partial charge on any atom is -0.369 e. The van der Waals surface area contributed by atoms with Crippen molar-refractivity contribution in [2.45, 2.75) is 29.6 Å². The van der Waals surface area contributed by atoms with Gasteiger partial charge in [-0.2, -0.15) is 57.1 Å². The van der Waals surface area contributed by atoms with E-state index in [1.54, 1.807) is 0 Å². The van der Waals surface area contributed by atoms with Crippen LogP contribution in [0.15, 0.2) is 23.2 Å². The van der Waals surface area contributed by atoms with Gasteiger partial charge in [0.2, 0.25) is 4.93 Å². The second-order valence-corrected chi connectivity index (χ2v) is 8.70. The molecule has 0 amide bonds. The monoisotopic (exact) mass is 549 g/mol. The Morgan fingerprint density at radius 3 is 1.76 bits per heavy atom. The molecule has 188 valence electrons. The maximum atomic E-state index is 13.4. The molecule has 18 heteroatoms. The third-order valence-corrected chi connectivity index (χ3v) is 6.15. The number of hydrogen-bond acceptors (Lipinski definition) is 6. The molecule has 0 bridgehead atoms. The Balaban J connectivity index is 2.11. The molecule has 1 unspecified atom stereocenters. The summed E-state index contributed by atoms with van der Waals surface area (Å²) in [5.41, 5.74) is -7.48. The zero-order valence-corrected chi connectivity index (χ0v) is 17.3. The van der Waals surface area contributed by atoms with E-state index < -0.39 is 86.1 Å². The molecule has 0 saturated heterocycles. The highest BCUT2D eigenvalue weighted by molar-refractivity contribution is 8.15. The summed E-state index contributed by atoms with van der Waals surface area (Å²) in [4.78, 5) is -0.329. The van der Waals surface area contributed by atoms with Crippen molar-refractivity contribution in [1.29, 1.82) is 0 Å². The first kappa shape index (κ1) is 26.4. The average molecular weight is 549 g/mol. The Kier molecular flexibility index (Phi) is 6.35. The second-order valence-electron chi connectivity index (χ2n) is 6.66. The molecule has 0 aliphatic carbocycles. The van der Waals surface area contributed by atoms with Crippen LogP contribution in [0.4, 0.5) is 63.4 Å². The van der Waals surface area contributed by atoms with Crippen molar-refractivity contribution in [3.05, 3.63) is 40.6 Å². The van der Waals surface area contributed by atoms with Crippen LogP contribution in [0.2, 0.25) is 0 Å². The molecule has 34 heavy (non-hydrogen) atoms. The van der Waals surface area contributed by atoms with E-state index in [4.69, 9.17) is 0 Å². The smallest absolute Gasteiger partial charge is 0.369 e. The summed E-state index contributed by atoms with van der Waals surface area (Å²) in [5.74, 6) is 0. The standard InChI is InChI=1S/C16H7F12N3OS2/c17-13(18,19)5-1-6(14(20,21)22)3-7(2-5)30-11-8(9(31-34-11)15(23,24)25)10-29-4-12(32,33-10)16(26,27)28/h1-3,30,32H,4H2. The number of aliphatic imine (C=N–C) groups is 1. The van der Waals surface area contributed by atoms with Gasteiger partial charge < -0.3 is 10.4 Å². The number of benzene rings is 1. The predicted octanol–water partition coefficient (Wildman–Crippen LogP) is 6.69. The van der Waals surface area contributed by atoms with Gasteiger partial charge in [-0.1, -0.05) is 11.8 Å². The fourth-order valence-electron chi connectivity index (χ4n) is 2.61. The quantitative estimate of drug-likeness (QED) is 0.419. The van der Waals surface area contributed by atoms with Crippen LogP contribution in [-0.4, -0.2) is 32.2 Å². The van der Waals surface area contributed by atoms with Crippen molar-refractivity contribution in [2.24, 2.45) is 4.99 Å². The van der Waals surface area contributed by atoms with Crippen molar-refractivity contribution in [3.8, 4) is 0 Å². The number of aromatic nitrogens is 1. The van der Waals surface area contributed by atoms with Gasteiger partial charge in [-0.15, -0.1) is 0 Å². The molecule has 0 saturated carbocycles. The first-order valence-corrected chi connectivity index (χ1v) is 9.98. The van der Waals surface area contributed by atoms with Crippen LogP contribution >= 0.6 is 23.3 Å². The van der Waals surface area contributed by atoms with E-state index in [1.165, 1.54) is 0 Å². The summed E-state index contributed by atoms with van der Waals surface area (Å²) in [6.07, 6.45) is -21.1. The highest BCUT2D eigenvalue weighted by Crippen LogP contribution is 2.49. The number of rotatable bonds is 3. The molecule has 1 atom stereocenters. The average Bonchev–Trinajstić information content (AvgIpc) is 3.23. The minimum atomic E-state index is -5.32. The van der Waals surface area contributed by atoms with E-state index in [9.17, 15) is 57.8 Å². The highest BCUT2D eigenvalue weighted by Gasteiger charge is 2.58. The summed E-state index contributed by atoms with van der Waals surface area (Å²) < 4.78 is 161. The maximum Gasteiger partial charge on any atom is 0.435 e. The second kappa shape index (κ2) is 8.18. The number of thioether (sulfide) groups is 1. The Morgan fingerprint density at radius 2 is 1.35 bits per heavy atom. The maximum absolute atomic E-state index is 13.4. The van der Waals surface area contributed by atoms with Gasteiger partial charge in [-0.25, -0.2) is 0 Å². The molecule has 3 rings (SSSR count). The van der Waals surface area contributed by atoms with Gasteiger partial charge in [0.25, 0.3) is 0 Å². The lowest BCUT2D eigenvalue weighted by Crippen LogP contribution is -2.43. The highest BCUT2D eigenvalue weighted by atomic mass is 32.2. The lowest BCUT2D eigenvalue weighted by atomic mass is 10.1. The number of alkyl halides is 12. The van der Waals surface area contributed by atoms with Crippen LogP contribution < -0.4 is 5.32 Å². The van der Waals surface area contributed by atoms with Gasteiger partial charge in [0, 0.05) is 5.69 Å². The largest absolute Gasteiger partial charge is 0.435 e. The first-order chi connectivity index (χ1) is 15.2. The molecule has 2 aromatic rings. The minimum absolute atomic E-state index is 0.0816. The van der Waals surface area contributed by atoms with E-state index in [2.05, 4.69) is 9.37 Å². The molecular weight excluding hydrogens is 542 g/mol. The van der Waals surface area contributed by atoms with Crippen molar-refractivity contribution >= 4 is 39.0 Å². The fourth-order valence-corrected chi connectivity index (χ4v) is 4.49. The van der Waals surface area contributed by atoms with Crippen LogP contribution in [0, 0.1) is 0 Å². The van der Waals surface area contributed by atoms with E-state index >= 15 is 0 Å². The molecule has 4 nitrogen and oxygen atoms in total. The molecule has 0 radical (unpaired) electrons. The Morgan fingerprint density at radius 1 is 0.824 bits per heavy atom. The lowest BCUT2D eigenvalue weighted by molar-refractivity contribution is -0.214. The van der Waals surface area contributed by atoms with E-state index in [0.717, 1.165) is 0 Å². The van der Waals surface area contributed by atoms with Crippen molar-refractivity contribution in [2.75, 3.05) is 11.9 Å². The molecular formula is C16H7F12N3OS2. The molecule has 1 aliphatic heterocycles. The lowest BCUT2D eigenvalue weighted by Gasteiger charge is -2.23. The summed E-state index contributed by atoms with van der Waals surface area (Å²) in [6.45, 7) is -1.40. The topological polar surface area (TPSA) is 57.5 Å². The van der Waals surface area contributed by atoms with Gasteiger partial charge in [-0.05, 0) is 29.7 Å². The van der Waals surface area contributed by atoms with Gasteiger partial charge >= 0.3 is 24.7 Å². The third-order valence-electron chi connectivity index (χ3n) is 4.17. The van der Waals surface area contributed by atoms with Gasteiger partial charge in [0.05, 0.1) is 23.2 Å². The van der Waals surface area contributed by atoms with Gasteiger partial charge in [0.15, 0.2) is 5.69 Å². The Bertz CT molecular complexity index is 1080. The Hall–Kier alpha value is -2.21. The number of hydrogen-bond donors (Lipinski definition) is 2. The van der Waals surface area contributed by atoms with Crippen LogP contribution in [0.1, 0.15) is 22.4 Å². The molecule has 0 spiro atoms. The zero-order valence-electron chi connectivity index (χ0n) is 15.6. The molecule has 1 aromatic heterocycles. The number of aliphatic hydroxyl groups is 1. The SMILES string of the molecule is OC1(C(F)(F)F)CN=C(c2c(C(F)(F)F)nsc2Nc2cc(C(F)(F)F)cc(C(F)(F)F)c2)S1. The summed E-state index contributed by atoms with van der Waals surface area (Å²) in [5, 5.41) is 9.77. The predicted molar refractivity (Wildman–Crippen MR) is 96.8 cm³/mol. The van der Waals surface area contributed by atoms with Crippen molar-refractivity contribution < 1.29 is 57.8 Å². The van der Waals surface area contributed by atoms with E-state index in [0.29, 0.717) is 0 Å². The number of halogens is 12. The third kappa shape index (κ3) is 5.22. The van der Waals surface area contributed by atoms with Gasteiger partial charge in [-0.3, -0.25) is 4.99 Å². The van der Waals surface area contributed by atoms with E-state index in [-0.39, 0.29) is 29.7 Å². The normalized spacial score (nSPS) is 20.0. The van der Waals surface area contributed by atoms with Crippen LogP contribution in [0.5, 0.6) is 0 Å². The van der Waals surface area contributed by atoms with Crippen LogP contribution in [0.25, 0.3) is 0 Å². The molecule has 2 N–H and O–H groups in total. The van der Waals surface area contributed by atoms with Crippen LogP contribution in [0.3, 0.4) is 0 Å². The zero-order chi connectivity index (χ0) is 25.9. The molecule has 1 aliphatic rings. The van der Waals surface area contributed by atoms with Crippen LogP contribution in [-0.2, 0) is 18.5 Å². The number of nitrogens with zero attached hydrogens (tertiary/aromatic N) is 2.